The van der Waals surface area contributed by atoms with Gasteiger partial charge in [0.25, 0.3) is 0 Å². The normalized spacial score (nSPS) is 11.2. The fourth-order valence-corrected chi connectivity index (χ4v) is 3.00. The number of aromatic nitrogens is 1. The van der Waals surface area contributed by atoms with Crippen LogP contribution in [0.25, 0.3) is 5.57 Å². The molecule has 0 aliphatic rings. The van der Waals surface area contributed by atoms with Crippen LogP contribution in [0.5, 0.6) is 5.75 Å². The number of esters is 1. The average molecular weight is 353 g/mol. The number of hydrogen-bond donors (Lipinski definition) is 0. The van der Waals surface area contributed by atoms with E-state index in [4.69, 9.17) is 21.1 Å². The minimum absolute atomic E-state index is 0.213. The number of hydrogen-bond acceptors (Lipinski definition) is 6. The molecular formula is C16H17ClN2O3S. The molecule has 7 heteroatoms. The lowest BCUT2D eigenvalue weighted by Gasteiger charge is -2.11. The second-order valence-corrected chi connectivity index (χ2v) is 6.42. The Morgan fingerprint density at radius 1 is 1.35 bits per heavy atom. The van der Waals surface area contributed by atoms with Crippen LogP contribution < -0.4 is 4.74 Å². The highest BCUT2D eigenvalue weighted by molar-refractivity contribution is 7.17. The monoisotopic (exact) mass is 352 g/mol. The summed E-state index contributed by atoms with van der Waals surface area (Å²) in [5.74, 6) is 0.277. The zero-order valence-corrected chi connectivity index (χ0v) is 14.6. The molecule has 1 aromatic heterocycles. The number of halogens is 1. The number of benzene rings is 1. The van der Waals surface area contributed by atoms with Crippen LogP contribution in [-0.2, 0) is 16.1 Å². The van der Waals surface area contributed by atoms with Crippen LogP contribution in [0, 0.1) is 0 Å². The fraction of sp³-hybridized carbons (Fsp3) is 0.250. The first kappa shape index (κ1) is 17.3. The van der Waals surface area contributed by atoms with E-state index >= 15 is 0 Å². The standard InChI is InChI=1S/C16H17ClN2O3S/c1-19(2)9-12(15(20)21-3)14-13(18-16(17)23-14)10-22-11-7-5-4-6-8-11/h4-9H,10H2,1-3H3. The molecule has 0 aliphatic heterocycles. The number of nitrogens with zero attached hydrogens (tertiary/aromatic N) is 2. The van der Waals surface area contributed by atoms with Gasteiger partial charge in [0.05, 0.1) is 23.3 Å². The van der Waals surface area contributed by atoms with Gasteiger partial charge in [0, 0.05) is 20.3 Å². The highest BCUT2D eigenvalue weighted by atomic mass is 35.5. The molecule has 122 valence electrons. The van der Waals surface area contributed by atoms with Gasteiger partial charge < -0.3 is 14.4 Å². The zero-order valence-electron chi connectivity index (χ0n) is 13.1. The van der Waals surface area contributed by atoms with Gasteiger partial charge in [-0.1, -0.05) is 29.8 Å². The van der Waals surface area contributed by atoms with Crippen LogP contribution in [-0.4, -0.2) is 37.1 Å². The first-order chi connectivity index (χ1) is 11.0. The van der Waals surface area contributed by atoms with E-state index < -0.39 is 5.97 Å². The van der Waals surface area contributed by atoms with Gasteiger partial charge in [0.2, 0.25) is 0 Å². The molecule has 0 fully saturated rings. The molecule has 0 aliphatic carbocycles. The third kappa shape index (κ3) is 4.71. The highest BCUT2D eigenvalue weighted by Crippen LogP contribution is 2.31. The van der Waals surface area contributed by atoms with Gasteiger partial charge in [-0.15, -0.1) is 11.3 Å². The summed E-state index contributed by atoms with van der Waals surface area (Å²) in [4.78, 5) is 18.7. The lowest BCUT2D eigenvalue weighted by atomic mass is 10.2. The molecule has 0 radical (unpaired) electrons. The number of ether oxygens (including phenoxy) is 2. The van der Waals surface area contributed by atoms with Crippen molar-refractivity contribution in [2.45, 2.75) is 6.61 Å². The van der Waals surface area contributed by atoms with E-state index in [1.165, 1.54) is 18.4 Å². The Morgan fingerprint density at radius 2 is 2.04 bits per heavy atom. The van der Waals surface area contributed by atoms with Crippen LogP contribution in [0.3, 0.4) is 0 Å². The molecule has 2 rings (SSSR count). The molecule has 0 N–H and O–H groups in total. The third-order valence-corrected chi connectivity index (χ3v) is 4.06. The van der Waals surface area contributed by atoms with Crippen molar-refractivity contribution in [3.8, 4) is 5.75 Å². The molecule has 0 spiro atoms. The van der Waals surface area contributed by atoms with Gasteiger partial charge in [-0.3, -0.25) is 0 Å². The number of para-hydroxylation sites is 1. The SMILES string of the molecule is COC(=O)C(=CN(C)C)c1sc(Cl)nc1COc1ccccc1. The molecule has 0 bridgehead atoms. The van der Waals surface area contributed by atoms with E-state index in [1.54, 1.807) is 11.1 Å². The van der Waals surface area contributed by atoms with Crippen LogP contribution in [0.1, 0.15) is 10.6 Å². The zero-order chi connectivity index (χ0) is 16.8. The number of carbonyl (C=O) groups excluding carboxylic acids is 1. The Hall–Kier alpha value is -2.05. The minimum Gasteiger partial charge on any atom is -0.487 e. The summed E-state index contributed by atoms with van der Waals surface area (Å²) in [5, 5.41) is 0. The molecule has 5 nitrogen and oxygen atoms in total. The summed E-state index contributed by atoms with van der Waals surface area (Å²) in [6.45, 7) is 0.213. The molecule has 0 unspecified atom stereocenters. The van der Waals surface area contributed by atoms with Gasteiger partial charge in [-0.2, -0.15) is 0 Å². The maximum absolute atomic E-state index is 12.1. The Kier molecular flexibility index (Phi) is 6.01. The van der Waals surface area contributed by atoms with Crippen LogP contribution >= 0.6 is 22.9 Å². The Labute approximate surface area is 144 Å². The molecular weight excluding hydrogens is 336 g/mol. The summed E-state index contributed by atoms with van der Waals surface area (Å²) >= 11 is 7.26. The van der Waals surface area contributed by atoms with Gasteiger partial charge in [0.1, 0.15) is 12.4 Å². The molecule has 0 saturated carbocycles. The van der Waals surface area contributed by atoms with E-state index in [2.05, 4.69) is 4.98 Å². The summed E-state index contributed by atoms with van der Waals surface area (Å²) < 4.78 is 10.9. The van der Waals surface area contributed by atoms with Crippen molar-refractivity contribution in [2.24, 2.45) is 0 Å². The van der Waals surface area contributed by atoms with Crippen LogP contribution in [0.2, 0.25) is 4.47 Å². The quantitative estimate of drug-likeness (QED) is 0.588. The third-order valence-electron chi connectivity index (χ3n) is 2.83. The van der Waals surface area contributed by atoms with E-state index in [0.29, 0.717) is 20.6 Å². The van der Waals surface area contributed by atoms with Crippen molar-refractivity contribution in [3.63, 3.8) is 0 Å². The van der Waals surface area contributed by atoms with E-state index in [9.17, 15) is 4.79 Å². The van der Waals surface area contributed by atoms with Crippen molar-refractivity contribution >= 4 is 34.5 Å². The minimum atomic E-state index is -0.444. The summed E-state index contributed by atoms with van der Waals surface area (Å²) in [6.07, 6.45) is 1.68. The Balaban J connectivity index is 2.29. The second-order valence-electron chi connectivity index (χ2n) is 4.84. The summed E-state index contributed by atoms with van der Waals surface area (Å²) in [7, 11) is 4.99. The highest BCUT2D eigenvalue weighted by Gasteiger charge is 2.21. The number of rotatable bonds is 6. The van der Waals surface area contributed by atoms with Crippen LogP contribution in [0.4, 0.5) is 0 Å². The van der Waals surface area contributed by atoms with Gasteiger partial charge in [-0.25, -0.2) is 9.78 Å². The van der Waals surface area contributed by atoms with Gasteiger partial charge >= 0.3 is 5.97 Å². The number of carbonyl (C=O) groups is 1. The van der Waals surface area contributed by atoms with Gasteiger partial charge in [-0.05, 0) is 12.1 Å². The van der Waals surface area contributed by atoms with E-state index in [-0.39, 0.29) is 6.61 Å². The molecule has 0 amide bonds. The predicted octanol–water partition coefficient (Wildman–Crippen LogP) is 3.45. The van der Waals surface area contributed by atoms with Crippen molar-refractivity contribution < 1.29 is 14.3 Å². The van der Waals surface area contributed by atoms with E-state index in [1.807, 2.05) is 44.4 Å². The molecule has 23 heavy (non-hydrogen) atoms. The second kappa shape index (κ2) is 7.99. The lowest BCUT2D eigenvalue weighted by molar-refractivity contribution is -0.133. The largest absolute Gasteiger partial charge is 0.487 e. The van der Waals surface area contributed by atoms with Crippen molar-refractivity contribution in [1.29, 1.82) is 0 Å². The lowest BCUT2D eigenvalue weighted by Crippen LogP contribution is -2.11. The molecule has 2 aromatic rings. The molecule has 1 heterocycles. The fourth-order valence-electron chi connectivity index (χ4n) is 1.87. The first-order valence-corrected chi connectivity index (χ1v) is 8.00. The first-order valence-electron chi connectivity index (χ1n) is 6.81. The maximum Gasteiger partial charge on any atom is 0.340 e. The topological polar surface area (TPSA) is 51.7 Å². The van der Waals surface area contributed by atoms with E-state index in [0.717, 1.165) is 5.75 Å². The molecule has 0 atom stereocenters. The number of thiazole rings is 1. The smallest absolute Gasteiger partial charge is 0.340 e. The summed E-state index contributed by atoms with van der Waals surface area (Å²) in [5.41, 5.74) is 0.996. The van der Waals surface area contributed by atoms with Crippen molar-refractivity contribution in [2.75, 3.05) is 21.2 Å². The Morgan fingerprint density at radius 3 is 2.65 bits per heavy atom. The number of methoxy groups -OCH3 is 1. The molecule has 0 saturated heterocycles. The molecule has 1 aromatic carbocycles. The van der Waals surface area contributed by atoms with Crippen molar-refractivity contribution in [3.05, 3.63) is 51.6 Å². The average Bonchev–Trinajstić information content (AvgIpc) is 2.91. The summed E-state index contributed by atoms with van der Waals surface area (Å²) in [6, 6.07) is 9.38. The van der Waals surface area contributed by atoms with Crippen molar-refractivity contribution in [1.82, 2.24) is 9.88 Å². The maximum atomic E-state index is 12.1. The van der Waals surface area contributed by atoms with Gasteiger partial charge in [0.15, 0.2) is 4.47 Å². The van der Waals surface area contributed by atoms with Crippen LogP contribution in [0.15, 0.2) is 36.5 Å². The predicted molar refractivity (Wildman–Crippen MR) is 91.6 cm³/mol. The Bertz CT molecular complexity index is 699.